The van der Waals surface area contributed by atoms with Crippen LogP contribution in [0.15, 0.2) is 18.2 Å². The van der Waals surface area contributed by atoms with E-state index in [0.717, 1.165) is 12.8 Å². The molecule has 0 aliphatic heterocycles. The van der Waals surface area contributed by atoms with Gasteiger partial charge in [0.1, 0.15) is 5.82 Å². The Hall–Kier alpha value is -1.42. The number of halogens is 1. The summed E-state index contributed by atoms with van der Waals surface area (Å²) in [6.07, 6.45) is 3.22. The minimum Gasteiger partial charge on any atom is -0.478 e. The summed E-state index contributed by atoms with van der Waals surface area (Å²) < 4.78 is 19.6. The predicted octanol–water partition coefficient (Wildman–Crippen LogP) is 4.26. The molecule has 0 heterocycles. The highest BCUT2D eigenvalue weighted by molar-refractivity contribution is 5.87. The molecular formula is C17H23FO3. The molecule has 2 rings (SSSR count). The Morgan fingerprint density at radius 1 is 1.43 bits per heavy atom. The molecule has 1 N–H and O–H groups in total. The van der Waals surface area contributed by atoms with Crippen molar-refractivity contribution < 1.29 is 19.0 Å². The minimum atomic E-state index is -1.05. The molecule has 4 heteroatoms. The Kier molecular flexibility index (Phi) is 4.67. The van der Waals surface area contributed by atoms with Gasteiger partial charge in [-0.2, -0.15) is 0 Å². The topological polar surface area (TPSA) is 46.5 Å². The second-order valence-electron chi connectivity index (χ2n) is 6.96. The molecule has 1 aliphatic rings. The van der Waals surface area contributed by atoms with Crippen molar-refractivity contribution in [2.75, 3.05) is 0 Å². The van der Waals surface area contributed by atoms with Gasteiger partial charge in [0.2, 0.25) is 0 Å². The van der Waals surface area contributed by atoms with Gasteiger partial charge in [-0.05, 0) is 48.8 Å². The highest BCUT2D eigenvalue weighted by Gasteiger charge is 2.32. The monoisotopic (exact) mass is 294 g/mol. The summed E-state index contributed by atoms with van der Waals surface area (Å²) in [6, 6.07) is 3.82. The predicted molar refractivity (Wildman–Crippen MR) is 78.7 cm³/mol. The van der Waals surface area contributed by atoms with Crippen LogP contribution >= 0.6 is 0 Å². The van der Waals surface area contributed by atoms with Crippen LogP contribution in [0.4, 0.5) is 4.39 Å². The lowest BCUT2D eigenvalue weighted by atomic mass is 9.71. The summed E-state index contributed by atoms with van der Waals surface area (Å²) in [5.41, 5.74) is 0.641. The van der Waals surface area contributed by atoms with Crippen LogP contribution in [-0.4, -0.2) is 17.2 Å². The minimum absolute atomic E-state index is 0.0901. The summed E-state index contributed by atoms with van der Waals surface area (Å²) >= 11 is 0. The number of carbonyl (C=O) groups is 1. The van der Waals surface area contributed by atoms with Crippen LogP contribution in [0.3, 0.4) is 0 Å². The SMILES string of the molecule is CC1CC(OCc2cc(C(=O)O)ccc2F)CC(C)(C)C1. The molecule has 1 aromatic carbocycles. The van der Waals surface area contributed by atoms with Gasteiger partial charge in [-0.3, -0.25) is 0 Å². The van der Waals surface area contributed by atoms with Crippen molar-refractivity contribution in [1.82, 2.24) is 0 Å². The third-order valence-corrected chi connectivity index (χ3v) is 4.11. The van der Waals surface area contributed by atoms with Gasteiger partial charge >= 0.3 is 5.97 Å². The number of carboxylic acids is 1. The van der Waals surface area contributed by atoms with E-state index in [1.165, 1.54) is 24.6 Å². The van der Waals surface area contributed by atoms with Gasteiger partial charge in [0.15, 0.2) is 0 Å². The molecule has 0 aromatic heterocycles. The van der Waals surface area contributed by atoms with Gasteiger partial charge in [0.05, 0.1) is 18.3 Å². The van der Waals surface area contributed by atoms with Crippen molar-refractivity contribution in [2.45, 2.75) is 52.7 Å². The Balaban J connectivity index is 2.02. The molecule has 0 spiro atoms. The zero-order valence-electron chi connectivity index (χ0n) is 12.9. The first-order chi connectivity index (χ1) is 9.77. The normalized spacial score (nSPS) is 24.8. The molecule has 116 valence electrons. The largest absolute Gasteiger partial charge is 0.478 e. The summed E-state index contributed by atoms with van der Waals surface area (Å²) in [4.78, 5) is 10.9. The molecular weight excluding hydrogens is 271 g/mol. The number of aromatic carboxylic acids is 1. The van der Waals surface area contributed by atoms with Crippen LogP contribution < -0.4 is 0 Å². The highest BCUT2D eigenvalue weighted by atomic mass is 19.1. The van der Waals surface area contributed by atoms with Crippen LogP contribution in [0.2, 0.25) is 0 Å². The molecule has 0 saturated heterocycles. The van der Waals surface area contributed by atoms with Gasteiger partial charge in [-0.1, -0.05) is 20.8 Å². The van der Waals surface area contributed by atoms with Gasteiger partial charge in [-0.25, -0.2) is 9.18 Å². The van der Waals surface area contributed by atoms with E-state index in [2.05, 4.69) is 20.8 Å². The smallest absolute Gasteiger partial charge is 0.335 e. The summed E-state index contributed by atoms with van der Waals surface area (Å²) in [5.74, 6) is -0.874. The number of hydrogen-bond donors (Lipinski definition) is 1. The number of ether oxygens (including phenoxy) is 1. The van der Waals surface area contributed by atoms with Gasteiger partial charge in [-0.15, -0.1) is 0 Å². The number of carboxylic acid groups (broad SMARTS) is 1. The van der Waals surface area contributed by atoms with Crippen LogP contribution in [0, 0.1) is 17.2 Å². The van der Waals surface area contributed by atoms with E-state index in [4.69, 9.17) is 9.84 Å². The fraction of sp³-hybridized carbons (Fsp3) is 0.588. The van der Waals surface area contributed by atoms with E-state index in [1.54, 1.807) is 0 Å². The number of benzene rings is 1. The average Bonchev–Trinajstić information content (AvgIpc) is 2.35. The summed E-state index contributed by atoms with van der Waals surface area (Å²) in [7, 11) is 0. The molecule has 2 atom stereocenters. The second-order valence-corrected chi connectivity index (χ2v) is 6.96. The Morgan fingerprint density at radius 2 is 2.14 bits per heavy atom. The van der Waals surface area contributed by atoms with E-state index in [-0.39, 0.29) is 23.7 Å². The van der Waals surface area contributed by atoms with Gasteiger partial charge in [0.25, 0.3) is 0 Å². The maximum Gasteiger partial charge on any atom is 0.335 e. The van der Waals surface area contributed by atoms with Crippen molar-refractivity contribution in [3.8, 4) is 0 Å². The maximum absolute atomic E-state index is 13.7. The highest BCUT2D eigenvalue weighted by Crippen LogP contribution is 2.39. The Morgan fingerprint density at radius 3 is 2.76 bits per heavy atom. The second kappa shape index (κ2) is 6.14. The van der Waals surface area contributed by atoms with Crippen LogP contribution in [-0.2, 0) is 11.3 Å². The third kappa shape index (κ3) is 4.27. The summed E-state index contributed by atoms with van der Waals surface area (Å²) in [5, 5.41) is 8.96. The quantitative estimate of drug-likeness (QED) is 0.902. The molecule has 1 saturated carbocycles. The van der Waals surface area contributed by atoms with Crippen LogP contribution in [0.25, 0.3) is 0 Å². The van der Waals surface area contributed by atoms with Crippen molar-refractivity contribution in [1.29, 1.82) is 0 Å². The molecule has 0 radical (unpaired) electrons. The van der Waals surface area contributed by atoms with Crippen molar-refractivity contribution in [3.63, 3.8) is 0 Å². The van der Waals surface area contributed by atoms with E-state index < -0.39 is 11.8 Å². The zero-order chi connectivity index (χ0) is 15.6. The standard InChI is InChI=1S/C17H23FO3/c1-11-6-14(9-17(2,3)8-11)21-10-13-7-12(16(19)20)4-5-15(13)18/h4-5,7,11,14H,6,8-10H2,1-3H3,(H,19,20). The average molecular weight is 294 g/mol. The maximum atomic E-state index is 13.7. The van der Waals surface area contributed by atoms with E-state index >= 15 is 0 Å². The first-order valence-electron chi connectivity index (χ1n) is 7.40. The summed E-state index contributed by atoms with van der Waals surface area (Å²) in [6.45, 7) is 6.79. The van der Waals surface area contributed by atoms with Crippen LogP contribution in [0.1, 0.15) is 56.0 Å². The van der Waals surface area contributed by atoms with E-state index in [9.17, 15) is 9.18 Å². The number of rotatable bonds is 4. The van der Waals surface area contributed by atoms with Crippen molar-refractivity contribution in [3.05, 3.63) is 35.1 Å². The third-order valence-electron chi connectivity index (χ3n) is 4.11. The molecule has 3 nitrogen and oxygen atoms in total. The molecule has 0 bridgehead atoms. The molecule has 1 aliphatic carbocycles. The van der Waals surface area contributed by atoms with Gasteiger partial charge in [0, 0.05) is 5.56 Å². The molecule has 0 amide bonds. The van der Waals surface area contributed by atoms with Gasteiger partial charge < -0.3 is 9.84 Å². The van der Waals surface area contributed by atoms with E-state index in [0.29, 0.717) is 11.5 Å². The lowest BCUT2D eigenvalue weighted by molar-refractivity contribution is -0.0324. The zero-order valence-corrected chi connectivity index (χ0v) is 12.9. The molecule has 21 heavy (non-hydrogen) atoms. The Labute approximate surface area is 125 Å². The molecule has 2 unspecified atom stereocenters. The number of hydrogen-bond acceptors (Lipinski definition) is 2. The molecule has 1 aromatic rings. The Bertz CT molecular complexity index is 525. The first-order valence-corrected chi connectivity index (χ1v) is 7.40. The van der Waals surface area contributed by atoms with Crippen LogP contribution in [0.5, 0.6) is 0 Å². The lowest BCUT2D eigenvalue weighted by Gasteiger charge is -2.38. The first kappa shape index (κ1) is 16.0. The van der Waals surface area contributed by atoms with E-state index in [1.807, 2.05) is 0 Å². The van der Waals surface area contributed by atoms with Crippen molar-refractivity contribution >= 4 is 5.97 Å². The lowest BCUT2D eigenvalue weighted by Crippen LogP contribution is -2.32. The fourth-order valence-corrected chi connectivity index (χ4v) is 3.41. The molecule has 1 fully saturated rings. The van der Waals surface area contributed by atoms with Crippen molar-refractivity contribution in [2.24, 2.45) is 11.3 Å². The fourth-order valence-electron chi connectivity index (χ4n) is 3.41.